The molecule has 0 spiro atoms. The summed E-state index contributed by atoms with van der Waals surface area (Å²) in [5.74, 6) is -0.377. The molecule has 0 unspecified atom stereocenters. The molecule has 0 bridgehead atoms. The summed E-state index contributed by atoms with van der Waals surface area (Å²) in [5, 5.41) is 10.8. The number of benzene rings is 2. The molecule has 2 aromatic carbocycles. The number of amides is 1. The highest BCUT2D eigenvalue weighted by molar-refractivity contribution is 6.03. The smallest absolute Gasteiger partial charge is 0.318 e. The Balaban J connectivity index is 1.42. The van der Waals surface area contributed by atoms with E-state index in [-0.39, 0.29) is 23.0 Å². The first kappa shape index (κ1) is 25.2. The number of aromatic nitrogens is 5. The van der Waals surface area contributed by atoms with E-state index < -0.39 is 17.8 Å². The van der Waals surface area contributed by atoms with Gasteiger partial charge in [-0.3, -0.25) is 9.48 Å². The minimum atomic E-state index is -4.70. The molecule has 194 valence electrons. The summed E-state index contributed by atoms with van der Waals surface area (Å²) in [4.78, 5) is 17.2. The van der Waals surface area contributed by atoms with Gasteiger partial charge in [-0.1, -0.05) is 67.9 Å². The summed E-state index contributed by atoms with van der Waals surface area (Å²) in [6.07, 6.45) is -1.58. The minimum absolute atomic E-state index is 0.0805. The molecule has 0 saturated heterocycles. The first-order valence-electron chi connectivity index (χ1n) is 12.0. The van der Waals surface area contributed by atoms with Gasteiger partial charge in [0, 0.05) is 17.8 Å². The third-order valence-corrected chi connectivity index (χ3v) is 6.14. The normalized spacial score (nSPS) is 11.9. The number of hydrogen-bond donors (Lipinski definition) is 1. The van der Waals surface area contributed by atoms with Crippen LogP contribution in [0.4, 0.5) is 18.9 Å². The van der Waals surface area contributed by atoms with E-state index in [1.165, 1.54) is 12.3 Å². The Labute approximate surface area is 216 Å². The van der Waals surface area contributed by atoms with Gasteiger partial charge in [0.2, 0.25) is 0 Å². The quantitative estimate of drug-likeness (QED) is 0.284. The molecule has 38 heavy (non-hydrogen) atoms. The Morgan fingerprint density at radius 1 is 1.05 bits per heavy atom. The van der Waals surface area contributed by atoms with Crippen LogP contribution < -0.4 is 5.32 Å². The monoisotopic (exact) mass is 518 g/mol. The maximum atomic E-state index is 13.9. The molecule has 0 aliphatic carbocycles. The molecule has 0 aliphatic heterocycles. The lowest BCUT2D eigenvalue weighted by Gasteiger charge is -2.11. The lowest BCUT2D eigenvalue weighted by molar-refractivity contribution is -0.142. The van der Waals surface area contributed by atoms with E-state index in [0.29, 0.717) is 22.3 Å². The molecule has 5 aromatic rings. The molecule has 10 heteroatoms. The summed E-state index contributed by atoms with van der Waals surface area (Å²) in [6, 6.07) is 17.4. The van der Waals surface area contributed by atoms with Crippen LogP contribution in [0.3, 0.4) is 0 Å². The van der Waals surface area contributed by atoms with E-state index in [1.807, 2.05) is 57.2 Å². The van der Waals surface area contributed by atoms with Gasteiger partial charge in [0.1, 0.15) is 0 Å². The Bertz CT molecular complexity index is 1620. The van der Waals surface area contributed by atoms with Crippen LogP contribution in [0.1, 0.15) is 52.6 Å². The lowest BCUT2D eigenvalue weighted by atomic mass is 10.0. The summed E-state index contributed by atoms with van der Waals surface area (Å²) >= 11 is 0. The molecular formula is C28H25F3N6O. The van der Waals surface area contributed by atoms with Crippen LogP contribution in [0.15, 0.2) is 73.1 Å². The summed E-state index contributed by atoms with van der Waals surface area (Å²) in [6.45, 7) is 6.58. The highest BCUT2D eigenvalue weighted by Crippen LogP contribution is 2.32. The van der Waals surface area contributed by atoms with Crippen molar-refractivity contribution in [1.29, 1.82) is 0 Å². The highest BCUT2D eigenvalue weighted by atomic mass is 19.4. The Hall–Kier alpha value is -4.47. The maximum Gasteiger partial charge on any atom is 0.433 e. The fourth-order valence-corrected chi connectivity index (χ4v) is 4.18. The lowest BCUT2D eigenvalue weighted by Crippen LogP contribution is -2.15. The number of anilines is 1. The SMILES string of the molecule is Cc1cccc(Cn2cc(NC(=O)c3cc4nc(-c5ccc(C(C)C)cc5)cc(C(F)(F)F)n4n3)cn2)c1. The first-order chi connectivity index (χ1) is 18.1. The van der Waals surface area contributed by atoms with Crippen molar-refractivity contribution in [2.45, 2.75) is 39.4 Å². The number of carbonyl (C=O) groups excluding carboxylic acids is 1. The second kappa shape index (κ2) is 9.77. The van der Waals surface area contributed by atoms with E-state index in [0.717, 1.165) is 22.8 Å². The number of rotatable bonds is 6. The van der Waals surface area contributed by atoms with Gasteiger partial charge in [-0.2, -0.15) is 23.4 Å². The zero-order chi connectivity index (χ0) is 27.0. The standard InChI is InChI=1S/C28H25F3N6O/c1-17(2)20-7-9-21(10-8-20)23-12-25(28(29,30)31)37-26(34-23)13-24(35-37)27(38)33-22-14-32-36(16-22)15-19-6-4-5-18(3)11-19/h4-14,16-17H,15H2,1-3H3,(H,33,38). The Morgan fingerprint density at radius 3 is 2.50 bits per heavy atom. The fraction of sp³-hybridized carbons (Fsp3) is 0.214. The molecule has 7 nitrogen and oxygen atoms in total. The van der Waals surface area contributed by atoms with Crippen molar-refractivity contribution in [2.75, 3.05) is 5.32 Å². The number of nitrogens with one attached hydrogen (secondary N) is 1. The zero-order valence-electron chi connectivity index (χ0n) is 21.0. The van der Waals surface area contributed by atoms with Crippen LogP contribution in [0, 0.1) is 6.92 Å². The molecule has 3 aromatic heterocycles. The van der Waals surface area contributed by atoms with Crippen LogP contribution in [0.2, 0.25) is 0 Å². The highest BCUT2D eigenvalue weighted by Gasteiger charge is 2.35. The summed E-state index contributed by atoms with van der Waals surface area (Å²) in [5.41, 5.74) is 3.02. The van der Waals surface area contributed by atoms with Gasteiger partial charge >= 0.3 is 6.18 Å². The van der Waals surface area contributed by atoms with Gasteiger partial charge in [0.05, 0.1) is 24.1 Å². The zero-order valence-corrected chi connectivity index (χ0v) is 21.0. The fourth-order valence-electron chi connectivity index (χ4n) is 4.18. The van der Waals surface area contributed by atoms with Gasteiger partial charge in [-0.25, -0.2) is 9.50 Å². The van der Waals surface area contributed by atoms with Crippen molar-refractivity contribution in [1.82, 2.24) is 24.4 Å². The predicted octanol–water partition coefficient (Wildman–Crippen LogP) is 6.34. The van der Waals surface area contributed by atoms with E-state index >= 15 is 0 Å². The molecule has 0 saturated carbocycles. The molecule has 0 atom stereocenters. The first-order valence-corrected chi connectivity index (χ1v) is 12.0. The minimum Gasteiger partial charge on any atom is -0.318 e. The number of alkyl halides is 3. The average Bonchev–Trinajstić information content (AvgIpc) is 3.49. The maximum absolute atomic E-state index is 13.9. The van der Waals surface area contributed by atoms with Crippen molar-refractivity contribution in [2.24, 2.45) is 0 Å². The molecule has 0 fully saturated rings. The van der Waals surface area contributed by atoms with Crippen molar-refractivity contribution in [3.63, 3.8) is 0 Å². The van der Waals surface area contributed by atoms with Crippen LogP contribution in [0.25, 0.3) is 16.9 Å². The largest absolute Gasteiger partial charge is 0.433 e. The van der Waals surface area contributed by atoms with Crippen molar-refractivity contribution in [3.05, 3.63) is 101 Å². The number of hydrogen-bond acceptors (Lipinski definition) is 4. The third-order valence-electron chi connectivity index (χ3n) is 6.14. The van der Waals surface area contributed by atoms with E-state index in [2.05, 4.69) is 20.5 Å². The Kier molecular flexibility index (Phi) is 6.48. The summed E-state index contributed by atoms with van der Waals surface area (Å²) in [7, 11) is 0. The van der Waals surface area contributed by atoms with E-state index in [4.69, 9.17) is 0 Å². The number of carbonyl (C=O) groups is 1. The molecule has 3 heterocycles. The second-order valence-electron chi connectivity index (χ2n) is 9.47. The number of nitrogens with zero attached hydrogens (tertiary/aromatic N) is 5. The van der Waals surface area contributed by atoms with Crippen molar-refractivity contribution in [3.8, 4) is 11.3 Å². The molecular weight excluding hydrogens is 493 g/mol. The molecule has 0 radical (unpaired) electrons. The predicted molar refractivity (Wildman–Crippen MR) is 138 cm³/mol. The van der Waals surface area contributed by atoms with Crippen LogP contribution in [0.5, 0.6) is 0 Å². The van der Waals surface area contributed by atoms with Gasteiger partial charge < -0.3 is 5.32 Å². The average molecular weight is 519 g/mol. The molecule has 0 aliphatic rings. The topological polar surface area (TPSA) is 77.1 Å². The Morgan fingerprint density at radius 2 is 1.82 bits per heavy atom. The van der Waals surface area contributed by atoms with Crippen molar-refractivity contribution >= 4 is 17.2 Å². The second-order valence-corrected chi connectivity index (χ2v) is 9.47. The number of aryl methyl sites for hydroxylation is 1. The van der Waals surface area contributed by atoms with Crippen molar-refractivity contribution < 1.29 is 18.0 Å². The molecule has 5 rings (SSSR count). The molecule has 1 N–H and O–H groups in total. The third kappa shape index (κ3) is 5.29. The van der Waals surface area contributed by atoms with Crippen LogP contribution >= 0.6 is 0 Å². The molecule has 1 amide bonds. The van der Waals surface area contributed by atoms with E-state index in [1.54, 1.807) is 23.0 Å². The van der Waals surface area contributed by atoms with Gasteiger partial charge in [-0.15, -0.1) is 0 Å². The van der Waals surface area contributed by atoms with Gasteiger partial charge in [0.25, 0.3) is 5.91 Å². The van der Waals surface area contributed by atoms with E-state index in [9.17, 15) is 18.0 Å². The van der Waals surface area contributed by atoms with Crippen LogP contribution in [-0.4, -0.2) is 30.3 Å². The van der Waals surface area contributed by atoms with Gasteiger partial charge in [0.15, 0.2) is 17.0 Å². The summed E-state index contributed by atoms with van der Waals surface area (Å²) < 4.78 is 44.2. The van der Waals surface area contributed by atoms with Crippen LogP contribution in [-0.2, 0) is 12.7 Å². The number of halogens is 3. The number of fused-ring (bicyclic) bond motifs is 1. The van der Waals surface area contributed by atoms with Gasteiger partial charge in [-0.05, 0) is 30.0 Å².